The molecule has 0 radical (unpaired) electrons. The van der Waals surface area contributed by atoms with Gasteiger partial charge in [0.25, 0.3) is 0 Å². The van der Waals surface area contributed by atoms with Crippen molar-refractivity contribution in [2.45, 2.75) is 6.92 Å². The lowest BCUT2D eigenvalue weighted by Crippen LogP contribution is -2.09. The first-order valence-corrected chi connectivity index (χ1v) is 6.57. The van der Waals surface area contributed by atoms with Gasteiger partial charge >= 0.3 is 5.97 Å². The summed E-state index contributed by atoms with van der Waals surface area (Å²) >= 11 is 0. The van der Waals surface area contributed by atoms with Gasteiger partial charge in [-0.2, -0.15) is 0 Å². The molecular formula is C17H14N2O2. The van der Waals surface area contributed by atoms with Crippen molar-refractivity contribution in [3.8, 4) is 17.1 Å². The average molecular weight is 278 g/mol. The maximum absolute atomic E-state index is 11.7. The van der Waals surface area contributed by atoms with Crippen LogP contribution in [0.5, 0.6) is 5.75 Å². The Hall–Kier alpha value is -2.88. The second kappa shape index (κ2) is 5.25. The van der Waals surface area contributed by atoms with E-state index >= 15 is 0 Å². The van der Waals surface area contributed by atoms with Crippen LogP contribution in [-0.2, 0) is 4.79 Å². The van der Waals surface area contributed by atoms with Crippen LogP contribution in [0.1, 0.15) is 6.92 Å². The highest BCUT2D eigenvalue weighted by Crippen LogP contribution is 2.29. The SMILES string of the molecule is C=C(C)C(=O)Oc1ccccc1-c1nc2ccccc2[nH]1. The first-order valence-electron chi connectivity index (χ1n) is 6.57. The van der Waals surface area contributed by atoms with E-state index in [0.29, 0.717) is 17.1 Å². The minimum atomic E-state index is -0.446. The highest BCUT2D eigenvalue weighted by molar-refractivity contribution is 5.90. The Morgan fingerprint density at radius 2 is 1.86 bits per heavy atom. The lowest BCUT2D eigenvalue weighted by atomic mass is 10.2. The molecule has 104 valence electrons. The number of benzene rings is 2. The fourth-order valence-electron chi connectivity index (χ4n) is 2.02. The molecule has 0 saturated carbocycles. The number of aromatic nitrogens is 2. The third-order valence-electron chi connectivity index (χ3n) is 3.08. The predicted octanol–water partition coefficient (Wildman–Crippen LogP) is 3.71. The zero-order chi connectivity index (χ0) is 14.8. The second-order valence-corrected chi connectivity index (χ2v) is 4.77. The van der Waals surface area contributed by atoms with Crippen molar-refractivity contribution in [1.29, 1.82) is 0 Å². The van der Waals surface area contributed by atoms with E-state index in [-0.39, 0.29) is 0 Å². The number of esters is 1. The van der Waals surface area contributed by atoms with E-state index in [1.165, 1.54) is 0 Å². The summed E-state index contributed by atoms with van der Waals surface area (Å²) in [5.41, 5.74) is 2.90. The number of fused-ring (bicyclic) bond motifs is 1. The summed E-state index contributed by atoms with van der Waals surface area (Å²) in [7, 11) is 0. The fourth-order valence-corrected chi connectivity index (χ4v) is 2.02. The van der Waals surface area contributed by atoms with Crippen LogP contribution >= 0.6 is 0 Å². The third-order valence-corrected chi connectivity index (χ3v) is 3.08. The molecule has 2 aromatic carbocycles. The van der Waals surface area contributed by atoms with Gasteiger partial charge in [-0.25, -0.2) is 9.78 Å². The zero-order valence-corrected chi connectivity index (χ0v) is 11.6. The first-order chi connectivity index (χ1) is 10.1. The van der Waals surface area contributed by atoms with E-state index in [1.807, 2.05) is 42.5 Å². The molecule has 0 atom stereocenters. The molecule has 1 heterocycles. The van der Waals surface area contributed by atoms with Crippen molar-refractivity contribution in [3.63, 3.8) is 0 Å². The van der Waals surface area contributed by atoms with Gasteiger partial charge in [-0.1, -0.05) is 30.8 Å². The molecule has 21 heavy (non-hydrogen) atoms. The molecule has 3 rings (SSSR count). The molecular weight excluding hydrogens is 264 g/mol. The lowest BCUT2D eigenvalue weighted by Gasteiger charge is -2.07. The number of carbonyl (C=O) groups excluding carboxylic acids is 1. The predicted molar refractivity (Wildman–Crippen MR) is 82.0 cm³/mol. The fraction of sp³-hybridized carbons (Fsp3) is 0.0588. The number of nitrogens with zero attached hydrogens (tertiary/aromatic N) is 1. The van der Waals surface area contributed by atoms with Gasteiger partial charge in [0.05, 0.1) is 16.6 Å². The number of carbonyl (C=O) groups is 1. The third kappa shape index (κ3) is 2.56. The summed E-state index contributed by atoms with van der Waals surface area (Å²) < 4.78 is 5.36. The van der Waals surface area contributed by atoms with Crippen molar-refractivity contribution in [1.82, 2.24) is 9.97 Å². The lowest BCUT2D eigenvalue weighted by molar-refractivity contribution is -0.130. The van der Waals surface area contributed by atoms with Crippen LogP contribution in [0.3, 0.4) is 0 Å². The minimum Gasteiger partial charge on any atom is -0.422 e. The van der Waals surface area contributed by atoms with E-state index in [1.54, 1.807) is 13.0 Å². The van der Waals surface area contributed by atoms with Gasteiger partial charge < -0.3 is 9.72 Å². The van der Waals surface area contributed by atoms with Crippen LogP contribution in [-0.4, -0.2) is 15.9 Å². The molecule has 0 spiro atoms. The number of hydrogen-bond donors (Lipinski definition) is 1. The minimum absolute atomic E-state index is 0.356. The van der Waals surface area contributed by atoms with E-state index < -0.39 is 5.97 Å². The number of ether oxygens (including phenoxy) is 1. The summed E-state index contributed by atoms with van der Waals surface area (Å²) in [6.45, 7) is 5.21. The Labute approximate surface area is 122 Å². The Balaban J connectivity index is 2.05. The molecule has 4 nitrogen and oxygen atoms in total. The molecule has 0 bridgehead atoms. The molecule has 3 aromatic rings. The average Bonchev–Trinajstić information content (AvgIpc) is 2.91. The van der Waals surface area contributed by atoms with Gasteiger partial charge in [0.2, 0.25) is 0 Å². The van der Waals surface area contributed by atoms with Gasteiger partial charge in [0.15, 0.2) is 0 Å². The second-order valence-electron chi connectivity index (χ2n) is 4.77. The zero-order valence-electron chi connectivity index (χ0n) is 11.6. The summed E-state index contributed by atoms with van der Waals surface area (Å²) in [6, 6.07) is 15.0. The number of hydrogen-bond acceptors (Lipinski definition) is 3. The highest BCUT2D eigenvalue weighted by Gasteiger charge is 2.13. The van der Waals surface area contributed by atoms with Crippen LogP contribution in [0.4, 0.5) is 0 Å². The van der Waals surface area contributed by atoms with Crippen LogP contribution in [0.25, 0.3) is 22.4 Å². The number of para-hydroxylation sites is 3. The molecule has 0 aliphatic rings. The normalized spacial score (nSPS) is 10.5. The van der Waals surface area contributed by atoms with Crippen LogP contribution in [0.2, 0.25) is 0 Å². The standard InChI is InChI=1S/C17H14N2O2/c1-11(2)17(20)21-15-10-6-3-7-12(15)16-18-13-8-4-5-9-14(13)19-16/h3-10H,1H2,2H3,(H,18,19). The summed E-state index contributed by atoms with van der Waals surface area (Å²) in [5, 5.41) is 0. The van der Waals surface area contributed by atoms with E-state index in [2.05, 4.69) is 16.5 Å². The molecule has 0 amide bonds. The van der Waals surface area contributed by atoms with Gasteiger partial charge in [-0.15, -0.1) is 0 Å². The Kier molecular flexibility index (Phi) is 3.28. The van der Waals surface area contributed by atoms with E-state index in [4.69, 9.17) is 4.74 Å². The van der Waals surface area contributed by atoms with Crippen LogP contribution < -0.4 is 4.74 Å². The quantitative estimate of drug-likeness (QED) is 0.451. The number of rotatable bonds is 3. The molecule has 1 N–H and O–H groups in total. The monoisotopic (exact) mass is 278 g/mol. The van der Waals surface area contributed by atoms with Crippen LogP contribution in [0, 0.1) is 0 Å². The Morgan fingerprint density at radius 3 is 2.62 bits per heavy atom. The van der Waals surface area contributed by atoms with Gasteiger partial charge in [-0.05, 0) is 31.2 Å². The number of H-pyrrole nitrogens is 1. The summed E-state index contributed by atoms with van der Waals surface area (Å²) in [6.07, 6.45) is 0. The van der Waals surface area contributed by atoms with Crippen molar-refractivity contribution in [2.24, 2.45) is 0 Å². The summed E-state index contributed by atoms with van der Waals surface area (Å²) in [5.74, 6) is 0.685. The highest BCUT2D eigenvalue weighted by atomic mass is 16.5. The molecule has 0 saturated heterocycles. The number of aromatic amines is 1. The van der Waals surface area contributed by atoms with Gasteiger partial charge in [0, 0.05) is 5.57 Å². The van der Waals surface area contributed by atoms with Crippen molar-refractivity contribution in [3.05, 3.63) is 60.7 Å². The molecule has 1 aromatic heterocycles. The van der Waals surface area contributed by atoms with Crippen LogP contribution in [0.15, 0.2) is 60.7 Å². The van der Waals surface area contributed by atoms with E-state index in [0.717, 1.165) is 16.6 Å². The Bertz CT molecular complexity index is 800. The number of imidazole rings is 1. The number of nitrogens with one attached hydrogen (secondary N) is 1. The van der Waals surface area contributed by atoms with Crippen molar-refractivity contribution in [2.75, 3.05) is 0 Å². The van der Waals surface area contributed by atoms with Gasteiger partial charge in [0.1, 0.15) is 11.6 Å². The van der Waals surface area contributed by atoms with E-state index in [9.17, 15) is 4.79 Å². The smallest absolute Gasteiger partial charge is 0.338 e. The molecule has 4 heteroatoms. The molecule has 0 aliphatic heterocycles. The molecule has 0 aliphatic carbocycles. The molecule has 0 unspecified atom stereocenters. The maximum Gasteiger partial charge on any atom is 0.338 e. The van der Waals surface area contributed by atoms with Gasteiger partial charge in [-0.3, -0.25) is 0 Å². The Morgan fingerprint density at radius 1 is 1.14 bits per heavy atom. The molecule has 0 fully saturated rings. The van der Waals surface area contributed by atoms with Crippen molar-refractivity contribution < 1.29 is 9.53 Å². The largest absolute Gasteiger partial charge is 0.422 e. The topological polar surface area (TPSA) is 55.0 Å². The van der Waals surface area contributed by atoms with Crippen molar-refractivity contribution >= 4 is 17.0 Å². The summed E-state index contributed by atoms with van der Waals surface area (Å²) in [4.78, 5) is 19.5. The first kappa shape index (κ1) is 13.1. The maximum atomic E-state index is 11.7.